The predicted octanol–water partition coefficient (Wildman–Crippen LogP) is 3.19. The molecule has 6 nitrogen and oxygen atoms in total. The second-order valence-electron chi connectivity index (χ2n) is 8.29. The molecule has 0 bridgehead atoms. The van der Waals surface area contributed by atoms with Gasteiger partial charge in [0.25, 0.3) is 5.91 Å². The van der Waals surface area contributed by atoms with Gasteiger partial charge in [0.15, 0.2) is 0 Å². The van der Waals surface area contributed by atoms with Crippen molar-refractivity contribution < 1.29 is 9.59 Å². The molecule has 148 valence electrons. The van der Waals surface area contributed by atoms with Crippen molar-refractivity contribution >= 4 is 11.8 Å². The maximum atomic E-state index is 13.4. The summed E-state index contributed by atoms with van der Waals surface area (Å²) < 4.78 is 0. The summed E-state index contributed by atoms with van der Waals surface area (Å²) in [4.78, 5) is 37.6. The Morgan fingerprint density at radius 2 is 2.07 bits per heavy atom. The molecule has 28 heavy (non-hydrogen) atoms. The zero-order valence-corrected chi connectivity index (χ0v) is 16.6. The van der Waals surface area contributed by atoms with E-state index in [2.05, 4.69) is 23.8 Å². The van der Waals surface area contributed by atoms with Crippen LogP contribution < -0.4 is 0 Å². The van der Waals surface area contributed by atoms with Gasteiger partial charge < -0.3 is 14.8 Å². The molecule has 1 saturated heterocycles. The third kappa shape index (κ3) is 3.81. The molecular formula is C22H28N4O2. The number of nitrogens with zero attached hydrogens (tertiary/aromatic N) is 3. The number of rotatable bonds is 5. The highest BCUT2D eigenvalue weighted by molar-refractivity contribution is 6.00. The second-order valence-corrected chi connectivity index (χ2v) is 8.29. The lowest BCUT2D eigenvalue weighted by Crippen LogP contribution is -2.48. The van der Waals surface area contributed by atoms with Crippen LogP contribution in [0.2, 0.25) is 0 Å². The zero-order valence-electron chi connectivity index (χ0n) is 16.6. The molecule has 1 aliphatic heterocycles. The van der Waals surface area contributed by atoms with Crippen molar-refractivity contribution in [2.24, 2.45) is 11.8 Å². The summed E-state index contributed by atoms with van der Waals surface area (Å²) in [7, 11) is 0. The Bertz CT molecular complexity index is 842. The van der Waals surface area contributed by atoms with Crippen LogP contribution in [0.4, 0.5) is 0 Å². The average molecular weight is 380 g/mol. The number of nitrogens with one attached hydrogen (secondary N) is 1. The smallest absolute Gasteiger partial charge is 0.254 e. The molecule has 0 radical (unpaired) electrons. The molecule has 2 aliphatic rings. The minimum atomic E-state index is -0.0290. The van der Waals surface area contributed by atoms with Gasteiger partial charge in [0.1, 0.15) is 5.82 Å². The number of aromatic amines is 1. The van der Waals surface area contributed by atoms with E-state index in [9.17, 15) is 9.59 Å². The van der Waals surface area contributed by atoms with Crippen LogP contribution in [-0.4, -0.2) is 57.3 Å². The molecule has 2 fully saturated rings. The van der Waals surface area contributed by atoms with Crippen LogP contribution in [0.3, 0.4) is 0 Å². The fourth-order valence-corrected chi connectivity index (χ4v) is 4.00. The topological polar surface area (TPSA) is 69.3 Å². The number of hydrogen-bond donors (Lipinski definition) is 1. The summed E-state index contributed by atoms with van der Waals surface area (Å²) >= 11 is 0. The highest BCUT2D eigenvalue weighted by Gasteiger charge is 2.37. The molecular weight excluding hydrogens is 352 g/mol. The van der Waals surface area contributed by atoms with Crippen LogP contribution in [0.1, 0.15) is 43.5 Å². The lowest BCUT2D eigenvalue weighted by molar-refractivity contribution is -0.133. The lowest BCUT2D eigenvalue weighted by atomic mass is 10.0. The Hall–Kier alpha value is -2.63. The Labute approximate surface area is 165 Å². The number of imidazole rings is 1. The van der Waals surface area contributed by atoms with Gasteiger partial charge in [0.05, 0.1) is 11.6 Å². The van der Waals surface area contributed by atoms with Gasteiger partial charge in [0, 0.05) is 44.0 Å². The summed E-state index contributed by atoms with van der Waals surface area (Å²) in [6, 6.07) is 7.61. The van der Waals surface area contributed by atoms with Crippen molar-refractivity contribution in [3.05, 3.63) is 42.2 Å². The molecule has 1 aromatic carbocycles. The average Bonchev–Trinajstić information content (AvgIpc) is 3.39. The number of carbonyl (C=O) groups is 2. The first-order chi connectivity index (χ1) is 13.5. The molecule has 0 unspecified atom stereocenters. The third-order valence-electron chi connectivity index (χ3n) is 5.84. The molecule has 2 amide bonds. The van der Waals surface area contributed by atoms with Crippen molar-refractivity contribution in [3.8, 4) is 11.4 Å². The molecule has 1 atom stereocenters. The van der Waals surface area contributed by atoms with Crippen LogP contribution >= 0.6 is 0 Å². The number of amides is 2. The van der Waals surface area contributed by atoms with Crippen molar-refractivity contribution in [1.82, 2.24) is 19.8 Å². The predicted molar refractivity (Wildman–Crippen MR) is 108 cm³/mol. The van der Waals surface area contributed by atoms with Gasteiger partial charge in [-0.2, -0.15) is 0 Å². The minimum absolute atomic E-state index is 0.0290. The quantitative estimate of drug-likeness (QED) is 0.866. The maximum absolute atomic E-state index is 13.4. The summed E-state index contributed by atoms with van der Waals surface area (Å²) in [5, 5.41) is 0. The monoisotopic (exact) mass is 380 g/mol. The zero-order chi connectivity index (χ0) is 19.7. The van der Waals surface area contributed by atoms with Gasteiger partial charge >= 0.3 is 0 Å². The first-order valence-corrected chi connectivity index (χ1v) is 10.2. The fourth-order valence-electron chi connectivity index (χ4n) is 4.00. The van der Waals surface area contributed by atoms with E-state index in [-0.39, 0.29) is 17.9 Å². The van der Waals surface area contributed by atoms with Crippen LogP contribution in [0, 0.1) is 11.8 Å². The van der Waals surface area contributed by atoms with Crippen LogP contribution in [0.15, 0.2) is 36.7 Å². The lowest BCUT2D eigenvalue weighted by Gasteiger charge is -2.35. The maximum Gasteiger partial charge on any atom is 0.254 e. The number of hydrogen-bond acceptors (Lipinski definition) is 3. The second kappa shape index (κ2) is 7.78. The van der Waals surface area contributed by atoms with E-state index in [1.54, 1.807) is 12.4 Å². The van der Waals surface area contributed by atoms with E-state index in [4.69, 9.17) is 0 Å². The highest BCUT2D eigenvalue weighted by atomic mass is 16.2. The van der Waals surface area contributed by atoms with Gasteiger partial charge in [0.2, 0.25) is 5.91 Å². The molecule has 1 saturated carbocycles. The summed E-state index contributed by atoms with van der Waals surface area (Å²) in [6.45, 7) is 6.17. The Morgan fingerprint density at radius 1 is 1.29 bits per heavy atom. The van der Waals surface area contributed by atoms with Gasteiger partial charge in [-0.05, 0) is 30.7 Å². The molecule has 0 spiro atoms. The van der Waals surface area contributed by atoms with E-state index >= 15 is 0 Å². The Kier molecular flexibility index (Phi) is 5.20. The molecule has 4 rings (SSSR count). The van der Waals surface area contributed by atoms with Gasteiger partial charge in [-0.15, -0.1) is 0 Å². The number of carbonyl (C=O) groups excluding carboxylic acids is 2. The van der Waals surface area contributed by atoms with Gasteiger partial charge in [-0.25, -0.2) is 4.98 Å². The summed E-state index contributed by atoms with van der Waals surface area (Å²) in [5.74, 6) is 1.79. The van der Waals surface area contributed by atoms with Crippen molar-refractivity contribution in [1.29, 1.82) is 0 Å². The van der Waals surface area contributed by atoms with E-state index in [0.717, 1.165) is 12.1 Å². The molecule has 1 aliphatic carbocycles. The normalized spacial score (nSPS) is 20.5. The number of aromatic nitrogens is 2. The largest absolute Gasteiger partial charge is 0.345 e. The van der Waals surface area contributed by atoms with Crippen molar-refractivity contribution in [3.63, 3.8) is 0 Å². The molecule has 2 heterocycles. The van der Waals surface area contributed by atoms with E-state index in [0.29, 0.717) is 42.7 Å². The molecule has 1 aromatic heterocycles. The van der Waals surface area contributed by atoms with Crippen LogP contribution in [0.5, 0.6) is 0 Å². The fraction of sp³-hybridized carbons (Fsp3) is 0.500. The van der Waals surface area contributed by atoms with E-state index in [1.165, 1.54) is 12.8 Å². The van der Waals surface area contributed by atoms with Crippen LogP contribution in [0.25, 0.3) is 11.4 Å². The minimum Gasteiger partial charge on any atom is -0.345 e. The molecule has 1 N–H and O–H groups in total. The van der Waals surface area contributed by atoms with Crippen LogP contribution in [-0.2, 0) is 4.79 Å². The van der Waals surface area contributed by atoms with E-state index < -0.39 is 0 Å². The SMILES string of the molecule is CC(C)[C@H]1CN(C(=O)c2ccccc2-c2ncc[nH]2)CCC(=O)N1CC1CC1. The van der Waals surface area contributed by atoms with Gasteiger partial charge in [-0.1, -0.05) is 32.0 Å². The summed E-state index contributed by atoms with van der Waals surface area (Å²) in [5.41, 5.74) is 1.42. The third-order valence-corrected chi connectivity index (χ3v) is 5.84. The standard InChI is InChI=1S/C22H28N4O2/c1-15(2)19-14-25(12-9-20(27)26(19)13-16-7-8-16)22(28)18-6-4-3-5-17(18)21-23-10-11-24-21/h3-6,10-11,15-16,19H,7-9,12-14H2,1-2H3,(H,23,24)/t19-/m1/s1. The Balaban J connectivity index is 1.60. The first-order valence-electron chi connectivity index (χ1n) is 10.2. The van der Waals surface area contributed by atoms with Gasteiger partial charge in [-0.3, -0.25) is 9.59 Å². The molecule has 2 aromatic rings. The van der Waals surface area contributed by atoms with Crippen molar-refractivity contribution in [2.75, 3.05) is 19.6 Å². The number of H-pyrrole nitrogens is 1. The summed E-state index contributed by atoms with van der Waals surface area (Å²) in [6.07, 6.45) is 6.27. The van der Waals surface area contributed by atoms with Crippen molar-refractivity contribution in [2.45, 2.75) is 39.2 Å². The number of benzene rings is 1. The van der Waals surface area contributed by atoms with E-state index in [1.807, 2.05) is 34.1 Å². The molecule has 6 heteroatoms. The Morgan fingerprint density at radius 3 is 2.75 bits per heavy atom. The highest BCUT2D eigenvalue weighted by Crippen LogP contribution is 2.32. The first kappa shape index (κ1) is 18.7.